The molecule has 102 valence electrons. The Labute approximate surface area is 117 Å². The molecule has 1 aromatic heterocycles. The summed E-state index contributed by atoms with van der Waals surface area (Å²) in [6.07, 6.45) is 1.00. The molecule has 5 heteroatoms. The van der Waals surface area contributed by atoms with E-state index in [2.05, 4.69) is 11.8 Å². The van der Waals surface area contributed by atoms with Crippen molar-refractivity contribution in [3.63, 3.8) is 0 Å². The Morgan fingerprint density at radius 2 is 2.53 bits per heavy atom. The summed E-state index contributed by atoms with van der Waals surface area (Å²) in [5.41, 5.74) is 0.685. The van der Waals surface area contributed by atoms with E-state index in [9.17, 15) is 4.79 Å². The number of aliphatic hydroxyl groups is 1. The smallest absolute Gasteiger partial charge is 0.254 e. The van der Waals surface area contributed by atoms with Gasteiger partial charge in [0.25, 0.3) is 5.91 Å². The van der Waals surface area contributed by atoms with Gasteiger partial charge in [0.15, 0.2) is 0 Å². The highest BCUT2D eigenvalue weighted by Gasteiger charge is 2.27. The largest absolute Gasteiger partial charge is 0.384 e. The quantitative estimate of drug-likeness (QED) is 0.846. The Morgan fingerprint density at radius 1 is 1.68 bits per heavy atom. The zero-order valence-electron chi connectivity index (χ0n) is 10.9. The molecule has 0 radical (unpaired) electrons. The molecule has 1 aromatic rings. The molecule has 2 heterocycles. The number of carbonyl (C=O) groups excluding carboxylic acids is 1. The third-order valence-electron chi connectivity index (χ3n) is 3.11. The van der Waals surface area contributed by atoms with E-state index in [1.54, 1.807) is 13.2 Å². The van der Waals surface area contributed by atoms with Crippen molar-refractivity contribution >= 4 is 17.2 Å². The number of methoxy groups -OCH3 is 1. The van der Waals surface area contributed by atoms with Crippen molar-refractivity contribution in [3.8, 4) is 11.8 Å². The number of nitrogens with zero attached hydrogens (tertiary/aromatic N) is 1. The number of rotatable bonds is 3. The van der Waals surface area contributed by atoms with E-state index >= 15 is 0 Å². The van der Waals surface area contributed by atoms with Crippen LogP contribution in [-0.4, -0.2) is 49.3 Å². The fourth-order valence-corrected chi connectivity index (χ4v) is 2.96. The number of hydrogen-bond acceptors (Lipinski definition) is 4. The third kappa shape index (κ3) is 3.57. The van der Waals surface area contributed by atoms with Gasteiger partial charge in [-0.05, 0) is 12.5 Å². The van der Waals surface area contributed by atoms with Crippen molar-refractivity contribution in [3.05, 3.63) is 21.9 Å². The highest BCUT2D eigenvalue weighted by Crippen LogP contribution is 2.21. The van der Waals surface area contributed by atoms with Crippen molar-refractivity contribution in [2.75, 3.05) is 33.4 Å². The summed E-state index contributed by atoms with van der Waals surface area (Å²) >= 11 is 1.43. The van der Waals surface area contributed by atoms with Gasteiger partial charge in [0.2, 0.25) is 0 Å². The molecule has 2 rings (SSSR count). The van der Waals surface area contributed by atoms with Gasteiger partial charge in [-0.25, -0.2) is 0 Å². The summed E-state index contributed by atoms with van der Waals surface area (Å²) < 4.78 is 5.13. The molecule has 1 saturated heterocycles. The Hall–Kier alpha value is -1.35. The van der Waals surface area contributed by atoms with Crippen LogP contribution in [0, 0.1) is 17.8 Å². The molecule has 1 aliphatic rings. The molecule has 0 aliphatic carbocycles. The van der Waals surface area contributed by atoms with Crippen molar-refractivity contribution in [1.29, 1.82) is 0 Å². The van der Waals surface area contributed by atoms with Crippen LogP contribution >= 0.6 is 11.3 Å². The van der Waals surface area contributed by atoms with E-state index in [1.807, 2.05) is 10.3 Å². The van der Waals surface area contributed by atoms with Gasteiger partial charge < -0.3 is 14.7 Å². The molecule has 19 heavy (non-hydrogen) atoms. The molecule has 0 spiro atoms. The maximum absolute atomic E-state index is 12.3. The van der Waals surface area contributed by atoms with Crippen LogP contribution < -0.4 is 0 Å². The zero-order valence-corrected chi connectivity index (χ0v) is 11.7. The summed E-state index contributed by atoms with van der Waals surface area (Å²) in [5.74, 6) is 5.91. The molecule has 0 aromatic carbocycles. The van der Waals surface area contributed by atoms with Crippen molar-refractivity contribution in [2.45, 2.75) is 6.42 Å². The second-order valence-corrected chi connectivity index (χ2v) is 5.43. The summed E-state index contributed by atoms with van der Waals surface area (Å²) in [4.78, 5) is 15.0. The summed E-state index contributed by atoms with van der Waals surface area (Å²) in [6.45, 7) is 2.10. The molecule has 1 unspecified atom stereocenters. The van der Waals surface area contributed by atoms with Gasteiger partial charge in [-0.3, -0.25) is 4.79 Å². The number of carbonyl (C=O) groups is 1. The monoisotopic (exact) mass is 279 g/mol. The lowest BCUT2D eigenvalue weighted by molar-refractivity contribution is 0.0776. The summed E-state index contributed by atoms with van der Waals surface area (Å²) in [7, 11) is 1.69. The van der Waals surface area contributed by atoms with E-state index < -0.39 is 0 Å². The highest BCUT2D eigenvalue weighted by atomic mass is 32.1. The first-order valence-corrected chi connectivity index (χ1v) is 7.09. The number of amides is 1. The first-order valence-electron chi connectivity index (χ1n) is 6.21. The van der Waals surface area contributed by atoms with Crippen molar-refractivity contribution < 1.29 is 14.6 Å². The molecule has 0 bridgehead atoms. The van der Waals surface area contributed by atoms with Crippen LogP contribution in [0.3, 0.4) is 0 Å². The second-order valence-electron chi connectivity index (χ2n) is 4.52. The second kappa shape index (κ2) is 6.71. The van der Waals surface area contributed by atoms with Gasteiger partial charge in [0.1, 0.15) is 6.61 Å². The zero-order chi connectivity index (χ0) is 13.7. The Morgan fingerprint density at radius 3 is 3.26 bits per heavy atom. The molecular formula is C14H17NO3S. The molecular weight excluding hydrogens is 262 g/mol. The van der Waals surface area contributed by atoms with Crippen LogP contribution in [0.25, 0.3) is 0 Å². The number of hydrogen-bond donors (Lipinski definition) is 1. The number of thiophene rings is 1. The lowest BCUT2D eigenvalue weighted by Crippen LogP contribution is -2.28. The Bertz CT molecular complexity index is 500. The maximum atomic E-state index is 12.3. The lowest BCUT2D eigenvalue weighted by atomic mass is 10.1. The van der Waals surface area contributed by atoms with Gasteiger partial charge in [-0.15, -0.1) is 11.3 Å². The molecule has 1 N–H and O–H groups in total. The summed E-state index contributed by atoms with van der Waals surface area (Å²) in [5, 5.41) is 10.5. The third-order valence-corrected chi connectivity index (χ3v) is 3.96. The average molecular weight is 279 g/mol. The van der Waals surface area contributed by atoms with Crippen molar-refractivity contribution in [1.82, 2.24) is 4.90 Å². The predicted molar refractivity (Wildman–Crippen MR) is 74.2 cm³/mol. The highest BCUT2D eigenvalue weighted by molar-refractivity contribution is 7.10. The van der Waals surface area contributed by atoms with Gasteiger partial charge in [0.05, 0.1) is 17.0 Å². The standard InChI is InChI=1S/C14H17NO3S/c1-18-9-11-4-5-15(8-11)14(17)12-7-13(19-10-12)3-2-6-16/h7,10-11,16H,4-6,8-9H2,1H3. The number of likely N-dealkylation sites (tertiary alicyclic amines) is 1. The predicted octanol–water partition coefficient (Wildman–Crippen LogP) is 1.20. The fraction of sp³-hybridized carbons (Fsp3) is 0.500. The van der Waals surface area contributed by atoms with E-state index in [0.29, 0.717) is 18.1 Å². The van der Waals surface area contributed by atoms with E-state index in [4.69, 9.17) is 9.84 Å². The topological polar surface area (TPSA) is 49.8 Å². The minimum Gasteiger partial charge on any atom is -0.384 e. The first-order chi connectivity index (χ1) is 9.24. The summed E-state index contributed by atoms with van der Waals surface area (Å²) in [6, 6.07) is 1.79. The molecule has 1 aliphatic heterocycles. The minimum absolute atomic E-state index is 0.0619. The molecule has 1 atom stereocenters. The van der Waals surface area contributed by atoms with E-state index in [1.165, 1.54) is 11.3 Å². The maximum Gasteiger partial charge on any atom is 0.254 e. The number of ether oxygens (including phenoxy) is 1. The molecule has 1 fully saturated rings. The lowest BCUT2D eigenvalue weighted by Gasteiger charge is -2.15. The van der Waals surface area contributed by atoms with Crippen LogP contribution in [0.5, 0.6) is 0 Å². The van der Waals surface area contributed by atoms with Gasteiger partial charge in [-0.1, -0.05) is 11.8 Å². The minimum atomic E-state index is -0.161. The number of aliphatic hydroxyl groups excluding tert-OH is 1. The van der Waals surface area contributed by atoms with Crippen LogP contribution in [-0.2, 0) is 4.74 Å². The van der Waals surface area contributed by atoms with E-state index in [-0.39, 0.29) is 12.5 Å². The Kier molecular flexibility index (Phi) is 4.97. The first kappa shape index (κ1) is 14.1. The van der Waals surface area contributed by atoms with Gasteiger partial charge >= 0.3 is 0 Å². The Balaban J connectivity index is 1.98. The average Bonchev–Trinajstić information content (AvgIpc) is 3.05. The van der Waals surface area contributed by atoms with E-state index in [0.717, 1.165) is 24.4 Å². The fourth-order valence-electron chi connectivity index (χ4n) is 2.21. The van der Waals surface area contributed by atoms with Crippen molar-refractivity contribution in [2.24, 2.45) is 5.92 Å². The molecule has 0 saturated carbocycles. The van der Waals surface area contributed by atoms with Crippen LogP contribution in [0.4, 0.5) is 0 Å². The molecule has 4 nitrogen and oxygen atoms in total. The normalized spacial score (nSPS) is 18.2. The molecule has 1 amide bonds. The van der Waals surface area contributed by atoms with Crippen LogP contribution in [0.15, 0.2) is 11.4 Å². The van der Waals surface area contributed by atoms with Crippen LogP contribution in [0.1, 0.15) is 21.7 Å². The van der Waals surface area contributed by atoms with Gasteiger partial charge in [-0.2, -0.15) is 0 Å². The van der Waals surface area contributed by atoms with Gasteiger partial charge in [0, 0.05) is 31.5 Å². The SMILES string of the molecule is COCC1CCN(C(=O)c2csc(C#CCO)c2)C1. The van der Waals surface area contributed by atoms with Crippen LogP contribution in [0.2, 0.25) is 0 Å².